The molecule has 3 aromatic rings. The van der Waals surface area contributed by atoms with Crippen molar-refractivity contribution >= 4 is 40.8 Å². The highest BCUT2D eigenvalue weighted by molar-refractivity contribution is 6.41. The number of carbonyl (C=O) groups excluding carboxylic acids is 2. The Balaban J connectivity index is 1.72. The van der Waals surface area contributed by atoms with Gasteiger partial charge in [-0.15, -0.1) is 0 Å². The number of aromatic nitrogens is 3. The van der Waals surface area contributed by atoms with E-state index in [1.54, 1.807) is 23.0 Å². The SMILES string of the molecule is C[C@@H]1COCc2nn(C)cc2-c2cc(Cl)c3c(c2)/C(=C/c2[nH]ccc2C(=O)N1)C(=O)N3. The Morgan fingerprint density at radius 1 is 1.19 bits per heavy atom. The van der Waals surface area contributed by atoms with Crippen LogP contribution in [0.3, 0.4) is 0 Å². The summed E-state index contributed by atoms with van der Waals surface area (Å²) in [5.74, 6) is -0.523. The van der Waals surface area contributed by atoms with E-state index < -0.39 is 0 Å². The van der Waals surface area contributed by atoms with Crippen LogP contribution >= 0.6 is 11.6 Å². The quantitative estimate of drug-likeness (QED) is 0.502. The van der Waals surface area contributed by atoms with Crippen LogP contribution < -0.4 is 10.6 Å². The molecule has 158 valence electrons. The molecule has 9 heteroatoms. The molecule has 2 bridgehead atoms. The van der Waals surface area contributed by atoms with Crippen LogP contribution in [0.2, 0.25) is 5.02 Å². The molecule has 0 saturated heterocycles. The topological polar surface area (TPSA) is 101 Å². The zero-order valence-corrected chi connectivity index (χ0v) is 17.7. The Kier molecular flexibility index (Phi) is 4.68. The van der Waals surface area contributed by atoms with Crippen molar-refractivity contribution < 1.29 is 14.3 Å². The second-order valence-electron chi connectivity index (χ2n) is 7.75. The highest BCUT2D eigenvalue weighted by atomic mass is 35.5. The summed E-state index contributed by atoms with van der Waals surface area (Å²) in [6.07, 6.45) is 5.25. The van der Waals surface area contributed by atoms with Crippen molar-refractivity contribution in [3.05, 3.63) is 58.1 Å². The van der Waals surface area contributed by atoms with Gasteiger partial charge >= 0.3 is 0 Å². The van der Waals surface area contributed by atoms with Crippen molar-refractivity contribution in [2.45, 2.75) is 19.6 Å². The molecule has 0 aliphatic carbocycles. The van der Waals surface area contributed by atoms with E-state index in [-0.39, 0.29) is 24.5 Å². The standard InChI is InChI=1S/C22H20ClN5O3/c1-11-9-31-10-19-16(8-28(2)27-19)12-5-14-15(22(30)26-20(14)17(23)6-12)7-18-13(3-4-24-18)21(29)25-11/h3-8,11,24H,9-10H2,1-2H3,(H,25,29)(H,26,30)/b15-7-/t11-/m1/s1. The van der Waals surface area contributed by atoms with Crippen molar-refractivity contribution in [3.63, 3.8) is 0 Å². The molecule has 0 radical (unpaired) electrons. The molecule has 2 amide bonds. The first-order valence-electron chi connectivity index (χ1n) is 9.86. The molecular weight excluding hydrogens is 418 g/mol. The Labute approximate surface area is 183 Å². The van der Waals surface area contributed by atoms with Crippen LogP contribution in [0.15, 0.2) is 30.6 Å². The monoisotopic (exact) mass is 437 g/mol. The van der Waals surface area contributed by atoms with Gasteiger partial charge in [-0.3, -0.25) is 14.3 Å². The van der Waals surface area contributed by atoms with E-state index >= 15 is 0 Å². The van der Waals surface area contributed by atoms with E-state index in [0.717, 1.165) is 16.8 Å². The summed E-state index contributed by atoms with van der Waals surface area (Å²) in [7, 11) is 1.84. The summed E-state index contributed by atoms with van der Waals surface area (Å²) in [6.45, 7) is 2.48. The van der Waals surface area contributed by atoms with Gasteiger partial charge < -0.3 is 20.4 Å². The molecule has 2 aromatic heterocycles. The smallest absolute Gasteiger partial charge is 0.256 e. The normalized spacial score (nSPS) is 20.0. The van der Waals surface area contributed by atoms with Crippen LogP contribution in [0.25, 0.3) is 22.8 Å². The minimum atomic E-state index is -0.276. The van der Waals surface area contributed by atoms with Crippen LogP contribution in [-0.2, 0) is 23.2 Å². The summed E-state index contributed by atoms with van der Waals surface area (Å²) in [5, 5.41) is 10.7. The lowest BCUT2D eigenvalue weighted by Gasteiger charge is -2.14. The molecule has 0 spiro atoms. The van der Waals surface area contributed by atoms with Crippen LogP contribution in [0.1, 0.15) is 34.2 Å². The maximum absolute atomic E-state index is 12.8. The number of H-pyrrole nitrogens is 1. The number of amides is 2. The van der Waals surface area contributed by atoms with Crippen LogP contribution in [0, 0.1) is 0 Å². The second kappa shape index (κ2) is 7.40. The summed E-state index contributed by atoms with van der Waals surface area (Å²) >= 11 is 6.54. The van der Waals surface area contributed by atoms with Crippen molar-refractivity contribution in [3.8, 4) is 11.1 Å². The number of hydrogen-bond donors (Lipinski definition) is 3. The van der Waals surface area contributed by atoms with Gasteiger partial charge in [-0.1, -0.05) is 11.6 Å². The highest BCUT2D eigenvalue weighted by Crippen LogP contribution is 2.42. The number of nitrogens with one attached hydrogen (secondary N) is 3. The Hall–Kier alpha value is -3.36. The molecule has 2 aliphatic rings. The minimum Gasteiger partial charge on any atom is -0.373 e. The fraction of sp³-hybridized carbons (Fsp3) is 0.227. The number of ether oxygens (including phenoxy) is 1. The van der Waals surface area contributed by atoms with Crippen molar-refractivity contribution in [1.29, 1.82) is 0 Å². The molecule has 1 aromatic carbocycles. The fourth-order valence-electron chi connectivity index (χ4n) is 3.95. The number of fused-ring (bicyclic) bond motifs is 4. The minimum absolute atomic E-state index is 0.211. The summed E-state index contributed by atoms with van der Waals surface area (Å²) in [5.41, 5.74) is 5.11. The predicted molar refractivity (Wildman–Crippen MR) is 118 cm³/mol. The Morgan fingerprint density at radius 2 is 2.03 bits per heavy atom. The average Bonchev–Trinajstić information content (AvgIpc) is 3.40. The number of aryl methyl sites for hydroxylation is 1. The van der Waals surface area contributed by atoms with Crippen LogP contribution in [0.4, 0.5) is 5.69 Å². The molecule has 5 rings (SSSR count). The van der Waals surface area contributed by atoms with E-state index in [0.29, 0.717) is 39.7 Å². The number of nitrogens with zero attached hydrogens (tertiary/aromatic N) is 2. The van der Waals surface area contributed by atoms with Gasteiger partial charge in [0.2, 0.25) is 0 Å². The molecule has 31 heavy (non-hydrogen) atoms. The summed E-state index contributed by atoms with van der Waals surface area (Å²) in [4.78, 5) is 28.6. The third-order valence-corrected chi connectivity index (χ3v) is 5.67. The number of anilines is 1. The Bertz CT molecular complexity index is 1260. The molecule has 0 fully saturated rings. The van der Waals surface area contributed by atoms with E-state index in [9.17, 15) is 9.59 Å². The van der Waals surface area contributed by atoms with Crippen molar-refractivity contribution in [2.24, 2.45) is 7.05 Å². The predicted octanol–water partition coefficient (Wildman–Crippen LogP) is 3.21. The molecule has 0 unspecified atom stereocenters. The summed E-state index contributed by atoms with van der Waals surface area (Å²) < 4.78 is 7.56. The van der Waals surface area contributed by atoms with Crippen molar-refractivity contribution in [2.75, 3.05) is 11.9 Å². The average molecular weight is 438 g/mol. The van der Waals surface area contributed by atoms with E-state index in [4.69, 9.17) is 16.3 Å². The molecule has 8 nitrogen and oxygen atoms in total. The van der Waals surface area contributed by atoms with Gasteiger partial charge in [-0.2, -0.15) is 5.10 Å². The van der Waals surface area contributed by atoms with Gasteiger partial charge in [-0.05, 0) is 36.8 Å². The van der Waals surface area contributed by atoms with Crippen molar-refractivity contribution in [1.82, 2.24) is 20.1 Å². The highest BCUT2D eigenvalue weighted by Gasteiger charge is 2.29. The van der Waals surface area contributed by atoms with Gasteiger partial charge in [0.1, 0.15) is 0 Å². The number of carbonyl (C=O) groups is 2. The Morgan fingerprint density at radius 3 is 2.87 bits per heavy atom. The lowest BCUT2D eigenvalue weighted by molar-refractivity contribution is -0.110. The van der Waals surface area contributed by atoms with Gasteiger partial charge in [0.05, 0.1) is 46.4 Å². The molecule has 3 N–H and O–H groups in total. The zero-order chi connectivity index (χ0) is 21.7. The third kappa shape index (κ3) is 3.43. The molecule has 4 heterocycles. The summed E-state index contributed by atoms with van der Waals surface area (Å²) in [6, 6.07) is 5.20. The van der Waals surface area contributed by atoms with E-state index in [1.165, 1.54) is 0 Å². The molecular formula is C22H20ClN5O3. The van der Waals surface area contributed by atoms with Gasteiger partial charge in [0.25, 0.3) is 11.8 Å². The first kappa shape index (κ1) is 19.6. The number of hydrogen-bond acceptors (Lipinski definition) is 4. The van der Waals surface area contributed by atoms with Gasteiger partial charge in [0.15, 0.2) is 0 Å². The van der Waals surface area contributed by atoms with Gasteiger partial charge in [-0.25, -0.2) is 0 Å². The first-order chi connectivity index (χ1) is 14.9. The number of benzene rings is 1. The van der Waals surface area contributed by atoms with Gasteiger partial charge in [0, 0.05) is 36.6 Å². The maximum Gasteiger partial charge on any atom is 0.256 e. The van der Waals surface area contributed by atoms with Crippen LogP contribution in [-0.4, -0.2) is 39.2 Å². The maximum atomic E-state index is 12.8. The third-order valence-electron chi connectivity index (χ3n) is 5.38. The number of halogens is 1. The van der Waals surface area contributed by atoms with E-state index in [1.807, 2.05) is 32.3 Å². The zero-order valence-electron chi connectivity index (χ0n) is 17.0. The largest absolute Gasteiger partial charge is 0.373 e. The lowest BCUT2D eigenvalue weighted by Crippen LogP contribution is -2.36. The first-order valence-corrected chi connectivity index (χ1v) is 10.2. The lowest BCUT2D eigenvalue weighted by atomic mass is 9.98. The fourth-order valence-corrected chi connectivity index (χ4v) is 4.22. The number of rotatable bonds is 0. The molecule has 2 aliphatic heterocycles. The molecule has 1 atom stereocenters. The molecule has 0 saturated carbocycles. The second-order valence-corrected chi connectivity index (χ2v) is 8.16. The number of aromatic amines is 1. The van der Waals surface area contributed by atoms with Crippen LogP contribution in [0.5, 0.6) is 0 Å². The van der Waals surface area contributed by atoms with E-state index in [2.05, 4.69) is 20.7 Å².